The molecule has 0 atom stereocenters. The third-order valence-corrected chi connectivity index (χ3v) is 6.67. The number of hydrogen-bond acceptors (Lipinski definition) is 6. The number of rotatable bonds is 3. The van der Waals surface area contributed by atoms with Crippen LogP contribution in [0.4, 0.5) is 5.82 Å². The van der Waals surface area contributed by atoms with Crippen molar-refractivity contribution in [3.8, 4) is 0 Å². The molecule has 2 aromatic rings. The van der Waals surface area contributed by atoms with E-state index in [2.05, 4.69) is 51.3 Å². The highest BCUT2D eigenvalue weighted by Crippen LogP contribution is 2.34. The first kappa shape index (κ1) is 18.9. The van der Waals surface area contributed by atoms with Crippen molar-refractivity contribution in [3.05, 3.63) is 10.0 Å². The van der Waals surface area contributed by atoms with E-state index < -0.39 is 0 Å². The van der Waals surface area contributed by atoms with Crippen LogP contribution < -0.4 is 5.73 Å². The fourth-order valence-electron chi connectivity index (χ4n) is 4.44. The molecule has 1 amide bonds. The molecular formula is C18H26IN7O. The summed E-state index contributed by atoms with van der Waals surface area (Å²) in [4.78, 5) is 25.3. The number of nitrogens with zero attached hydrogens (tertiary/aromatic N) is 6. The van der Waals surface area contributed by atoms with Crippen LogP contribution in [0.15, 0.2) is 6.33 Å². The molecule has 4 rings (SSSR count). The Labute approximate surface area is 172 Å². The van der Waals surface area contributed by atoms with Gasteiger partial charge >= 0.3 is 0 Å². The summed E-state index contributed by atoms with van der Waals surface area (Å²) in [6.07, 6.45) is 5.76. The van der Waals surface area contributed by atoms with Gasteiger partial charge in [0.05, 0.1) is 18.0 Å². The lowest BCUT2D eigenvalue weighted by molar-refractivity contribution is -0.139. The number of carbonyl (C=O) groups is 1. The molecule has 27 heavy (non-hydrogen) atoms. The van der Waals surface area contributed by atoms with Crippen LogP contribution in [0.5, 0.6) is 0 Å². The molecule has 0 aromatic carbocycles. The summed E-state index contributed by atoms with van der Waals surface area (Å²) in [5, 5.41) is 5.56. The van der Waals surface area contributed by atoms with E-state index in [1.165, 1.54) is 6.33 Å². The molecule has 1 aliphatic heterocycles. The number of hydrogen-bond donors (Lipinski definition) is 1. The van der Waals surface area contributed by atoms with Crippen LogP contribution in [-0.4, -0.2) is 67.2 Å². The number of piperazine rings is 1. The number of nitrogens with two attached hydrogens (primary N) is 1. The molecule has 8 nitrogen and oxygen atoms in total. The lowest BCUT2D eigenvalue weighted by Gasteiger charge is -2.42. The fraction of sp³-hybridized carbons (Fsp3) is 0.667. The Balaban J connectivity index is 1.43. The summed E-state index contributed by atoms with van der Waals surface area (Å²) in [5.41, 5.74) is 6.84. The number of nitrogen functional groups attached to an aromatic ring is 1. The van der Waals surface area contributed by atoms with Gasteiger partial charge in [0.15, 0.2) is 5.65 Å². The minimum atomic E-state index is 0.262. The molecule has 0 unspecified atom stereocenters. The molecule has 2 aliphatic rings. The first-order valence-corrected chi connectivity index (χ1v) is 10.7. The van der Waals surface area contributed by atoms with E-state index in [0.29, 0.717) is 30.5 Å². The second-order valence-corrected chi connectivity index (χ2v) is 8.83. The zero-order valence-corrected chi connectivity index (χ0v) is 18.0. The van der Waals surface area contributed by atoms with Gasteiger partial charge in [-0.1, -0.05) is 0 Å². The monoisotopic (exact) mass is 483 g/mol. The van der Waals surface area contributed by atoms with E-state index in [4.69, 9.17) is 10.8 Å². The summed E-state index contributed by atoms with van der Waals surface area (Å²) in [6, 6.07) is 1.11. The molecule has 1 aliphatic carbocycles. The lowest BCUT2D eigenvalue weighted by atomic mass is 9.89. The Morgan fingerprint density at radius 2 is 1.85 bits per heavy atom. The van der Waals surface area contributed by atoms with E-state index in [9.17, 15) is 4.79 Å². The molecule has 0 radical (unpaired) electrons. The van der Waals surface area contributed by atoms with Crippen molar-refractivity contribution in [2.75, 3.05) is 25.4 Å². The Morgan fingerprint density at radius 1 is 1.15 bits per heavy atom. The van der Waals surface area contributed by atoms with Crippen molar-refractivity contribution in [2.45, 2.75) is 57.7 Å². The average molecular weight is 483 g/mol. The Hall–Kier alpha value is -1.49. The van der Waals surface area contributed by atoms with Crippen LogP contribution in [0.2, 0.25) is 0 Å². The quantitative estimate of drug-likeness (QED) is 0.672. The predicted molar refractivity (Wildman–Crippen MR) is 112 cm³/mol. The molecule has 3 heterocycles. The Kier molecular flexibility index (Phi) is 5.23. The van der Waals surface area contributed by atoms with Crippen LogP contribution in [-0.2, 0) is 4.79 Å². The van der Waals surface area contributed by atoms with Crippen LogP contribution in [0.3, 0.4) is 0 Å². The maximum absolute atomic E-state index is 12.4. The third-order valence-electron chi connectivity index (χ3n) is 5.91. The van der Waals surface area contributed by atoms with E-state index in [1.54, 1.807) is 0 Å². The van der Waals surface area contributed by atoms with Gasteiger partial charge in [-0.05, 0) is 62.1 Å². The maximum atomic E-state index is 12.4. The number of anilines is 1. The van der Waals surface area contributed by atoms with Crippen LogP contribution >= 0.6 is 22.6 Å². The average Bonchev–Trinajstić information content (AvgIpc) is 2.99. The summed E-state index contributed by atoms with van der Waals surface area (Å²) in [7, 11) is 0. The standard InChI is InChI=1S/C18H26IN7O/c1-11(2)25-8-7-24(9-14(25)27)12-3-5-13(6-4-12)26-18-15(16(19)23-26)17(20)21-10-22-18/h10-13H,3-9H2,1-2H3,(H2,20,21,22). The smallest absolute Gasteiger partial charge is 0.237 e. The normalized spacial score (nSPS) is 24.9. The van der Waals surface area contributed by atoms with Gasteiger partial charge in [0.2, 0.25) is 5.91 Å². The minimum absolute atomic E-state index is 0.262. The minimum Gasteiger partial charge on any atom is -0.383 e. The highest BCUT2D eigenvalue weighted by Gasteiger charge is 2.33. The molecule has 9 heteroatoms. The second kappa shape index (κ2) is 7.50. The summed E-state index contributed by atoms with van der Waals surface area (Å²) in [6.45, 7) is 6.55. The summed E-state index contributed by atoms with van der Waals surface area (Å²) >= 11 is 2.21. The number of aromatic nitrogens is 4. The number of halogens is 1. The second-order valence-electron chi connectivity index (χ2n) is 7.81. The SMILES string of the molecule is CC(C)N1CCN(C2CCC(n3nc(I)c4c(N)ncnc43)CC2)CC1=O. The topological polar surface area (TPSA) is 93.2 Å². The van der Waals surface area contributed by atoms with E-state index in [-0.39, 0.29) is 5.91 Å². The van der Waals surface area contributed by atoms with Crippen molar-refractivity contribution < 1.29 is 4.79 Å². The number of carbonyl (C=O) groups excluding carboxylic acids is 1. The van der Waals surface area contributed by atoms with Gasteiger partial charge in [-0.25, -0.2) is 14.6 Å². The predicted octanol–water partition coefficient (Wildman–Crippen LogP) is 2.05. The van der Waals surface area contributed by atoms with Gasteiger partial charge in [0.1, 0.15) is 15.8 Å². The zero-order chi connectivity index (χ0) is 19.1. The molecular weight excluding hydrogens is 457 g/mol. The maximum Gasteiger partial charge on any atom is 0.237 e. The zero-order valence-electron chi connectivity index (χ0n) is 15.8. The van der Waals surface area contributed by atoms with Crippen LogP contribution in [0.25, 0.3) is 11.0 Å². The lowest BCUT2D eigenvalue weighted by Crippen LogP contribution is -2.55. The van der Waals surface area contributed by atoms with Crippen LogP contribution in [0, 0.1) is 3.70 Å². The number of fused-ring (bicyclic) bond motifs is 1. The Morgan fingerprint density at radius 3 is 2.52 bits per heavy atom. The molecule has 146 valence electrons. The largest absolute Gasteiger partial charge is 0.383 e. The highest BCUT2D eigenvalue weighted by atomic mass is 127. The van der Waals surface area contributed by atoms with Gasteiger partial charge in [0.25, 0.3) is 0 Å². The summed E-state index contributed by atoms with van der Waals surface area (Å²) in [5.74, 6) is 0.754. The molecule has 1 saturated heterocycles. The van der Waals surface area contributed by atoms with Crippen molar-refractivity contribution in [1.29, 1.82) is 0 Å². The Bertz CT molecular complexity index is 844. The van der Waals surface area contributed by atoms with Gasteiger partial charge in [-0.3, -0.25) is 9.69 Å². The first-order chi connectivity index (χ1) is 13.0. The van der Waals surface area contributed by atoms with Crippen molar-refractivity contribution in [3.63, 3.8) is 0 Å². The van der Waals surface area contributed by atoms with E-state index >= 15 is 0 Å². The molecule has 2 aromatic heterocycles. The third kappa shape index (κ3) is 3.51. The fourth-order valence-corrected chi connectivity index (χ4v) is 5.19. The van der Waals surface area contributed by atoms with Crippen molar-refractivity contribution >= 4 is 45.3 Å². The molecule has 0 bridgehead atoms. The first-order valence-electron chi connectivity index (χ1n) is 9.63. The van der Waals surface area contributed by atoms with Crippen molar-refractivity contribution in [2.24, 2.45) is 0 Å². The number of amides is 1. The van der Waals surface area contributed by atoms with E-state index in [1.807, 2.05) is 9.58 Å². The van der Waals surface area contributed by atoms with Gasteiger partial charge in [0, 0.05) is 25.2 Å². The summed E-state index contributed by atoms with van der Waals surface area (Å²) < 4.78 is 2.89. The molecule has 1 saturated carbocycles. The van der Waals surface area contributed by atoms with Gasteiger partial charge in [-0.15, -0.1) is 0 Å². The van der Waals surface area contributed by atoms with Crippen LogP contribution in [0.1, 0.15) is 45.6 Å². The van der Waals surface area contributed by atoms with Gasteiger partial charge < -0.3 is 10.6 Å². The molecule has 2 fully saturated rings. The highest BCUT2D eigenvalue weighted by molar-refractivity contribution is 14.1. The van der Waals surface area contributed by atoms with Crippen molar-refractivity contribution in [1.82, 2.24) is 29.5 Å². The molecule has 0 spiro atoms. The van der Waals surface area contributed by atoms with E-state index in [0.717, 1.165) is 53.5 Å². The molecule has 2 N–H and O–H groups in total. The van der Waals surface area contributed by atoms with Gasteiger partial charge in [-0.2, -0.15) is 5.10 Å².